The average Bonchev–Trinajstić information content (AvgIpc) is 2.13. The van der Waals surface area contributed by atoms with Crippen LogP contribution in [0, 0.1) is 10.1 Å². The summed E-state index contributed by atoms with van der Waals surface area (Å²) in [5.41, 5.74) is 5.31. The summed E-state index contributed by atoms with van der Waals surface area (Å²) in [5, 5.41) is 10.1. The van der Waals surface area contributed by atoms with Crippen LogP contribution in [0.15, 0.2) is 0 Å². The fourth-order valence-electron chi connectivity index (χ4n) is 0.777. The van der Waals surface area contributed by atoms with Gasteiger partial charge in [-0.25, -0.2) is 0 Å². The van der Waals surface area contributed by atoms with Gasteiger partial charge < -0.3 is 10.5 Å². The highest BCUT2D eigenvalue weighted by Crippen LogP contribution is 2.05. The average molecular weight is 132 g/mol. The normalized spacial score (nSPS) is 34.8. The van der Waals surface area contributed by atoms with E-state index in [4.69, 9.17) is 10.5 Å². The molecule has 1 rings (SSSR count). The van der Waals surface area contributed by atoms with Crippen LogP contribution in [-0.2, 0) is 4.74 Å². The van der Waals surface area contributed by atoms with Crippen LogP contribution in [0.4, 0.5) is 0 Å². The van der Waals surface area contributed by atoms with Gasteiger partial charge in [0.05, 0.1) is 12.6 Å². The zero-order chi connectivity index (χ0) is 6.85. The van der Waals surface area contributed by atoms with E-state index in [2.05, 4.69) is 0 Å². The topological polar surface area (TPSA) is 78.4 Å². The van der Waals surface area contributed by atoms with Crippen molar-refractivity contribution in [3.63, 3.8) is 0 Å². The lowest BCUT2D eigenvalue weighted by molar-refractivity contribution is -0.521. The van der Waals surface area contributed by atoms with E-state index in [9.17, 15) is 10.1 Å². The molecule has 9 heavy (non-hydrogen) atoms. The molecular weight excluding hydrogens is 124 g/mol. The van der Waals surface area contributed by atoms with E-state index in [1.807, 2.05) is 0 Å². The van der Waals surface area contributed by atoms with Gasteiger partial charge in [0.2, 0.25) is 0 Å². The Morgan fingerprint density at radius 1 is 1.67 bits per heavy atom. The summed E-state index contributed by atoms with van der Waals surface area (Å²) >= 11 is 0. The summed E-state index contributed by atoms with van der Waals surface area (Å²) < 4.78 is 4.76. The van der Waals surface area contributed by atoms with Crippen molar-refractivity contribution in [1.82, 2.24) is 0 Å². The lowest BCUT2D eigenvalue weighted by Gasteiger charge is -2.01. The van der Waals surface area contributed by atoms with Gasteiger partial charge >= 0.3 is 0 Å². The highest BCUT2D eigenvalue weighted by Gasteiger charge is 2.34. The molecule has 2 N–H and O–H groups in total. The first kappa shape index (κ1) is 6.44. The zero-order valence-corrected chi connectivity index (χ0v) is 4.82. The first-order valence-electron chi connectivity index (χ1n) is 2.68. The van der Waals surface area contributed by atoms with Crippen molar-refractivity contribution < 1.29 is 9.66 Å². The molecule has 1 aliphatic heterocycles. The molecule has 0 aromatic rings. The van der Waals surface area contributed by atoms with Crippen LogP contribution >= 0.6 is 0 Å². The quantitative estimate of drug-likeness (QED) is 0.366. The van der Waals surface area contributed by atoms with Crippen molar-refractivity contribution in [3.8, 4) is 0 Å². The number of nitro groups is 1. The Bertz CT molecular complexity index is 127. The maximum Gasteiger partial charge on any atom is 0.253 e. The Morgan fingerprint density at radius 3 is 2.56 bits per heavy atom. The fourth-order valence-corrected chi connectivity index (χ4v) is 0.777. The van der Waals surface area contributed by atoms with Crippen molar-refractivity contribution in [2.45, 2.75) is 12.1 Å². The van der Waals surface area contributed by atoms with E-state index >= 15 is 0 Å². The molecule has 0 spiro atoms. The maximum absolute atomic E-state index is 10.1. The van der Waals surface area contributed by atoms with E-state index in [0.717, 1.165) is 0 Å². The van der Waals surface area contributed by atoms with Gasteiger partial charge in [0.1, 0.15) is 6.61 Å². The van der Waals surface area contributed by atoms with Crippen molar-refractivity contribution in [3.05, 3.63) is 10.1 Å². The predicted molar refractivity (Wildman–Crippen MR) is 29.6 cm³/mol. The van der Waals surface area contributed by atoms with E-state index in [0.29, 0.717) is 6.61 Å². The number of nitrogens with zero attached hydrogens (tertiary/aromatic N) is 1. The molecule has 52 valence electrons. The third-order valence-electron chi connectivity index (χ3n) is 1.36. The van der Waals surface area contributed by atoms with Crippen molar-refractivity contribution in [2.24, 2.45) is 5.73 Å². The molecule has 0 radical (unpaired) electrons. The van der Waals surface area contributed by atoms with Gasteiger partial charge in [-0.3, -0.25) is 10.1 Å². The Kier molecular flexibility index (Phi) is 1.63. The Balaban J connectivity index is 2.49. The number of nitrogens with two attached hydrogens (primary N) is 1. The minimum Gasteiger partial charge on any atom is -0.372 e. The SMILES string of the molecule is N[C@@H]1COCC1[N+](=O)[O-]. The van der Waals surface area contributed by atoms with Crippen LogP contribution in [0.3, 0.4) is 0 Å². The zero-order valence-electron chi connectivity index (χ0n) is 4.82. The number of hydrogen-bond donors (Lipinski definition) is 1. The molecule has 0 aromatic carbocycles. The summed E-state index contributed by atoms with van der Waals surface area (Å²) in [6, 6.07) is -1.11. The van der Waals surface area contributed by atoms with Crippen LogP contribution in [0.1, 0.15) is 0 Å². The highest BCUT2D eigenvalue weighted by molar-refractivity contribution is 4.76. The predicted octanol–water partition coefficient (Wildman–Crippen LogP) is -1.01. The van der Waals surface area contributed by atoms with Gasteiger partial charge in [-0.2, -0.15) is 0 Å². The lowest BCUT2D eigenvalue weighted by Crippen LogP contribution is -2.38. The van der Waals surface area contributed by atoms with Crippen molar-refractivity contribution >= 4 is 0 Å². The lowest BCUT2D eigenvalue weighted by atomic mass is 10.2. The number of hydrogen-bond acceptors (Lipinski definition) is 4. The first-order valence-corrected chi connectivity index (χ1v) is 2.68. The molecule has 5 nitrogen and oxygen atoms in total. The van der Waals surface area contributed by atoms with Crippen LogP contribution in [0.25, 0.3) is 0 Å². The largest absolute Gasteiger partial charge is 0.372 e. The van der Waals surface area contributed by atoms with Gasteiger partial charge in [-0.15, -0.1) is 0 Å². The van der Waals surface area contributed by atoms with E-state index in [-0.39, 0.29) is 6.61 Å². The molecule has 1 fully saturated rings. The molecule has 1 saturated heterocycles. The second-order valence-electron chi connectivity index (χ2n) is 2.05. The van der Waals surface area contributed by atoms with Crippen LogP contribution < -0.4 is 5.73 Å². The minimum absolute atomic E-state index is 0.161. The maximum atomic E-state index is 10.1. The molecule has 1 aliphatic rings. The summed E-state index contributed by atoms with van der Waals surface area (Å²) in [5.74, 6) is 0. The monoisotopic (exact) mass is 132 g/mol. The van der Waals surface area contributed by atoms with Gasteiger partial charge in [-0.05, 0) is 0 Å². The minimum atomic E-state index is -0.690. The van der Waals surface area contributed by atoms with Gasteiger partial charge in [0.15, 0.2) is 0 Å². The second-order valence-corrected chi connectivity index (χ2v) is 2.05. The Labute approximate surface area is 51.9 Å². The molecule has 0 bridgehead atoms. The van der Waals surface area contributed by atoms with E-state index in [1.165, 1.54) is 0 Å². The molecule has 0 amide bonds. The molecule has 0 saturated carbocycles. The van der Waals surface area contributed by atoms with Crippen LogP contribution in [0.2, 0.25) is 0 Å². The fraction of sp³-hybridized carbons (Fsp3) is 1.00. The molecule has 0 aliphatic carbocycles. The number of rotatable bonds is 1. The standard InChI is InChI=1S/C4H8N2O3/c5-3-1-9-2-4(3)6(7)8/h3-4H,1-2,5H2/t3-,4?/m1/s1. The molecule has 1 unspecified atom stereocenters. The molecule has 5 heteroatoms. The van der Waals surface area contributed by atoms with Crippen LogP contribution in [0.5, 0.6) is 0 Å². The van der Waals surface area contributed by atoms with Crippen molar-refractivity contribution in [2.75, 3.05) is 13.2 Å². The summed E-state index contributed by atoms with van der Waals surface area (Å²) in [4.78, 5) is 9.67. The highest BCUT2D eigenvalue weighted by atomic mass is 16.6. The smallest absolute Gasteiger partial charge is 0.253 e. The number of ether oxygens (including phenoxy) is 1. The van der Waals surface area contributed by atoms with Crippen LogP contribution in [-0.4, -0.2) is 30.2 Å². The Morgan fingerprint density at radius 2 is 2.33 bits per heavy atom. The molecule has 1 heterocycles. The molecular formula is C4H8N2O3. The van der Waals surface area contributed by atoms with Gasteiger partial charge in [0, 0.05) is 4.92 Å². The summed E-state index contributed by atoms with van der Waals surface area (Å²) in [7, 11) is 0. The first-order chi connectivity index (χ1) is 4.22. The molecule has 0 aromatic heterocycles. The third kappa shape index (κ3) is 1.17. The van der Waals surface area contributed by atoms with Crippen molar-refractivity contribution in [1.29, 1.82) is 0 Å². The van der Waals surface area contributed by atoms with E-state index in [1.54, 1.807) is 0 Å². The summed E-state index contributed by atoms with van der Waals surface area (Å²) in [6.07, 6.45) is 0. The van der Waals surface area contributed by atoms with E-state index < -0.39 is 17.0 Å². The van der Waals surface area contributed by atoms with Gasteiger partial charge in [-0.1, -0.05) is 0 Å². The van der Waals surface area contributed by atoms with Gasteiger partial charge in [0.25, 0.3) is 6.04 Å². The second kappa shape index (κ2) is 2.28. The third-order valence-corrected chi connectivity index (χ3v) is 1.36. The molecule has 2 atom stereocenters. The summed E-state index contributed by atoms with van der Waals surface area (Å²) in [6.45, 7) is 0.472. The Hall–Kier alpha value is -0.680.